The fraction of sp³-hybridized carbons (Fsp3) is 0.346. The summed E-state index contributed by atoms with van der Waals surface area (Å²) in [5.41, 5.74) is 6.56. The molecule has 1 saturated carbocycles. The van der Waals surface area contributed by atoms with Gasteiger partial charge in [-0.3, -0.25) is 9.59 Å². The van der Waals surface area contributed by atoms with E-state index < -0.39 is 29.9 Å². The van der Waals surface area contributed by atoms with E-state index >= 15 is 0 Å². The number of carbonyl (C=O) groups is 3. The lowest BCUT2D eigenvalue weighted by Crippen LogP contribution is -2.49. The van der Waals surface area contributed by atoms with E-state index in [1.54, 1.807) is 29.3 Å². The number of primary amides is 1. The van der Waals surface area contributed by atoms with Crippen LogP contribution in [0.25, 0.3) is 10.9 Å². The Kier molecular flexibility index (Phi) is 6.78. The molecule has 0 unspecified atom stereocenters. The molecule has 0 bridgehead atoms. The average Bonchev–Trinajstić information content (AvgIpc) is 3.40. The Balaban J connectivity index is 1.36. The molecular formula is C26H26ClFN4O5. The molecule has 0 radical (unpaired) electrons. The number of likely N-dealkylation sites (tertiary alicyclic amines) is 1. The third kappa shape index (κ3) is 4.86. The Bertz CT molecular complexity index is 1380. The van der Waals surface area contributed by atoms with Crippen molar-refractivity contribution in [2.45, 2.75) is 43.8 Å². The minimum absolute atomic E-state index is 0.00831. The van der Waals surface area contributed by atoms with Crippen LogP contribution in [0.3, 0.4) is 0 Å². The summed E-state index contributed by atoms with van der Waals surface area (Å²) in [7, 11) is 0. The molecule has 2 aromatic carbocycles. The van der Waals surface area contributed by atoms with Crippen LogP contribution in [0, 0.1) is 11.7 Å². The van der Waals surface area contributed by atoms with Gasteiger partial charge in [-0.25, -0.2) is 9.18 Å². The SMILES string of the molecule is NC(=O)On1cc(CC(=O)N2[C@@H]3C[C@@H]3C[C@H]2C(=O)N[C@H](CCO)c2cccc(Cl)c2F)c2ccccc21. The van der Waals surface area contributed by atoms with Gasteiger partial charge in [-0.2, -0.15) is 4.73 Å². The third-order valence-electron chi connectivity index (χ3n) is 7.08. The van der Waals surface area contributed by atoms with Gasteiger partial charge in [0, 0.05) is 29.8 Å². The molecule has 11 heteroatoms. The molecule has 5 rings (SSSR count). The molecule has 1 aromatic heterocycles. The van der Waals surface area contributed by atoms with Crippen molar-refractivity contribution in [3.8, 4) is 0 Å². The normalized spacial score (nSPS) is 20.9. The molecule has 194 valence electrons. The molecule has 2 fully saturated rings. The molecule has 2 heterocycles. The highest BCUT2D eigenvalue weighted by atomic mass is 35.5. The first-order chi connectivity index (χ1) is 17.8. The van der Waals surface area contributed by atoms with Crippen molar-refractivity contribution in [1.82, 2.24) is 14.9 Å². The quantitative estimate of drug-likeness (QED) is 0.414. The second-order valence-electron chi connectivity index (χ2n) is 9.42. The van der Waals surface area contributed by atoms with Crippen LogP contribution in [0.4, 0.5) is 9.18 Å². The zero-order valence-electron chi connectivity index (χ0n) is 19.8. The first-order valence-electron chi connectivity index (χ1n) is 12.0. The smallest absolute Gasteiger partial charge is 0.396 e. The number of rotatable bonds is 8. The minimum Gasteiger partial charge on any atom is -0.396 e. The van der Waals surface area contributed by atoms with E-state index in [0.717, 1.165) is 11.8 Å². The zero-order valence-corrected chi connectivity index (χ0v) is 20.5. The number of carbonyl (C=O) groups excluding carboxylic acids is 3. The number of hydrogen-bond acceptors (Lipinski definition) is 5. The molecule has 1 aliphatic carbocycles. The first kappa shape index (κ1) is 25.0. The number of nitrogens with zero attached hydrogens (tertiary/aromatic N) is 2. The van der Waals surface area contributed by atoms with Crippen molar-refractivity contribution in [3.63, 3.8) is 0 Å². The van der Waals surface area contributed by atoms with Gasteiger partial charge < -0.3 is 25.9 Å². The molecule has 1 aliphatic heterocycles. The van der Waals surface area contributed by atoms with E-state index in [2.05, 4.69) is 5.32 Å². The molecule has 0 spiro atoms. The van der Waals surface area contributed by atoms with Gasteiger partial charge in [0.2, 0.25) is 11.8 Å². The second-order valence-corrected chi connectivity index (χ2v) is 9.82. The van der Waals surface area contributed by atoms with E-state index in [0.29, 0.717) is 17.5 Å². The van der Waals surface area contributed by atoms with Crippen LogP contribution in [-0.2, 0) is 16.0 Å². The van der Waals surface area contributed by atoms with E-state index in [4.69, 9.17) is 22.2 Å². The van der Waals surface area contributed by atoms with Crippen LogP contribution in [0.5, 0.6) is 0 Å². The number of benzene rings is 2. The first-order valence-corrected chi connectivity index (χ1v) is 12.4. The van der Waals surface area contributed by atoms with Crippen LogP contribution in [0.15, 0.2) is 48.7 Å². The Labute approximate surface area is 216 Å². The summed E-state index contributed by atoms with van der Waals surface area (Å²) in [6.07, 6.45) is 1.98. The van der Waals surface area contributed by atoms with Crippen molar-refractivity contribution < 1.29 is 28.7 Å². The lowest BCUT2D eigenvalue weighted by Gasteiger charge is -2.29. The average molecular weight is 529 g/mol. The summed E-state index contributed by atoms with van der Waals surface area (Å²) >= 11 is 5.92. The standard InChI is InChI=1S/C26H26ClFN4O5/c27-18-6-3-5-17(24(18)28)19(8-9-33)30-25(35)22-11-14-10-21(14)32(22)23(34)12-15-13-31(37-26(29)36)20-7-2-1-4-16(15)20/h1-7,13-14,19,21-22,33H,8-12H2,(H2,29,36)(H,30,35)/t14-,19-,21-,22+/m1/s1. The zero-order chi connectivity index (χ0) is 26.3. The maximum absolute atomic E-state index is 14.7. The molecule has 3 amide bonds. The number of para-hydroxylation sites is 1. The Morgan fingerprint density at radius 2 is 1.97 bits per heavy atom. The highest BCUT2D eigenvalue weighted by Crippen LogP contribution is 2.48. The van der Waals surface area contributed by atoms with Gasteiger partial charge in [-0.05, 0) is 42.9 Å². The monoisotopic (exact) mass is 528 g/mol. The van der Waals surface area contributed by atoms with Crippen molar-refractivity contribution in [3.05, 3.63) is 70.6 Å². The van der Waals surface area contributed by atoms with Gasteiger partial charge in [0.25, 0.3) is 0 Å². The highest BCUT2D eigenvalue weighted by Gasteiger charge is 2.56. The number of aromatic nitrogens is 1. The summed E-state index contributed by atoms with van der Waals surface area (Å²) < 4.78 is 15.9. The van der Waals surface area contributed by atoms with Gasteiger partial charge in [-0.15, -0.1) is 0 Å². The van der Waals surface area contributed by atoms with Gasteiger partial charge in [0.15, 0.2) is 0 Å². The molecule has 3 aromatic rings. The summed E-state index contributed by atoms with van der Waals surface area (Å²) in [4.78, 5) is 44.8. The fourth-order valence-electron chi connectivity index (χ4n) is 5.33. The lowest BCUT2D eigenvalue weighted by atomic mass is 10.0. The predicted octanol–water partition coefficient (Wildman–Crippen LogP) is 2.71. The largest absolute Gasteiger partial charge is 0.429 e. The van der Waals surface area contributed by atoms with Gasteiger partial charge in [0.05, 0.1) is 23.0 Å². The van der Waals surface area contributed by atoms with Crippen LogP contribution in [-0.4, -0.2) is 51.3 Å². The Hall–Kier alpha value is -3.63. The lowest BCUT2D eigenvalue weighted by molar-refractivity contribution is -0.139. The Morgan fingerprint density at radius 1 is 1.19 bits per heavy atom. The van der Waals surface area contributed by atoms with Crippen molar-refractivity contribution >= 4 is 40.4 Å². The van der Waals surface area contributed by atoms with Crippen molar-refractivity contribution in [2.75, 3.05) is 6.61 Å². The number of fused-ring (bicyclic) bond motifs is 2. The molecule has 4 N–H and O–H groups in total. The van der Waals surface area contributed by atoms with E-state index in [-0.39, 0.29) is 47.9 Å². The predicted molar refractivity (Wildman–Crippen MR) is 133 cm³/mol. The van der Waals surface area contributed by atoms with Crippen molar-refractivity contribution in [2.24, 2.45) is 11.7 Å². The van der Waals surface area contributed by atoms with Crippen LogP contribution in [0.1, 0.15) is 36.4 Å². The Morgan fingerprint density at radius 3 is 2.73 bits per heavy atom. The molecular weight excluding hydrogens is 503 g/mol. The number of nitrogens with two attached hydrogens (primary N) is 1. The summed E-state index contributed by atoms with van der Waals surface area (Å²) in [6.45, 7) is -0.271. The van der Waals surface area contributed by atoms with Crippen LogP contribution < -0.4 is 15.9 Å². The number of halogens is 2. The number of nitrogens with one attached hydrogen (secondary N) is 1. The fourth-order valence-corrected chi connectivity index (χ4v) is 5.51. The summed E-state index contributed by atoms with van der Waals surface area (Å²) in [6, 6.07) is 10.1. The van der Waals surface area contributed by atoms with E-state index in [1.807, 2.05) is 12.1 Å². The number of hydrogen-bond donors (Lipinski definition) is 3. The molecule has 4 atom stereocenters. The van der Waals surface area contributed by atoms with Gasteiger partial charge >= 0.3 is 6.09 Å². The highest BCUT2D eigenvalue weighted by molar-refractivity contribution is 6.30. The van der Waals surface area contributed by atoms with Crippen molar-refractivity contribution in [1.29, 1.82) is 0 Å². The number of amides is 3. The number of aliphatic hydroxyl groups excluding tert-OH is 1. The minimum atomic E-state index is -0.982. The molecule has 1 saturated heterocycles. The summed E-state index contributed by atoms with van der Waals surface area (Å²) in [5, 5.41) is 13.0. The number of piperidine rings is 1. The topological polar surface area (TPSA) is 127 Å². The van der Waals surface area contributed by atoms with E-state index in [1.165, 1.54) is 16.9 Å². The van der Waals surface area contributed by atoms with Crippen LogP contribution in [0.2, 0.25) is 5.02 Å². The maximum atomic E-state index is 14.7. The van der Waals surface area contributed by atoms with Gasteiger partial charge in [0.1, 0.15) is 11.9 Å². The summed E-state index contributed by atoms with van der Waals surface area (Å²) in [5.74, 6) is -1.06. The molecule has 2 aliphatic rings. The maximum Gasteiger partial charge on any atom is 0.429 e. The molecule has 37 heavy (non-hydrogen) atoms. The van der Waals surface area contributed by atoms with Crippen LogP contribution >= 0.6 is 11.6 Å². The van der Waals surface area contributed by atoms with E-state index in [9.17, 15) is 23.9 Å². The number of aliphatic hydroxyl groups is 1. The van der Waals surface area contributed by atoms with Gasteiger partial charge in [-0.1, -0.05) is 41.9 Å². The third-order valence-corrected chi connectivity index (χ3v) is 7.37. The second kappa shape index (κ2) is 10.0. The molecule has 9 nitrogen and oxygen atoms in total.